The van der Waals surface area contributed by atoms with Gasteiger partial charge in [0.05, 0.1) is 19.8 Å². The normalized spacial score (nSPS) is 11.9. The number of carbonyl (C=O) groups excluding carboxylic acids is 1. The van der Waals surface area contributed by atoms with E-state index in [1.165, 1.54) is 24.3 Å². The third kappa shape index (κ3) is 5.74. The molecule has 140 valence electrons. The lowest BCUT2D eigenvalue weighted by molar-refractivity contribution is 0.121. The molecule has 26 heavy (non-hydrogen) atoms. The Kier molecular flexibility index (Phi) is 6.97. The lowest BCUT2D eigenvalue weighted by Gasteiger charge is -2.27. The number of methoxy groups -OCH3 is 1. The van der Waals surface area contributed by atoms with Crippen LogP contribution in [0.25, 0.3) is 0 Å². The largest absolute Gasteiger partial charge is 0.497 e. The van der Waals surface area contributed by atoms with Gasteiger partial charge in [0, 0.05) is 18.3 Å². The number of urea groups is 1. The van der Waals surface area contributed by atoms with Crippen LogP contribution in [0.5, 0.6) is 5.75 Å². The maximum Gasteiger partial charge on any atom is 0.321 e. The summed E-state index contributed by atoms with van der Waals surface area (Å²) in [5.41, 5.74) is 1.17. The van der Waals surface area contributed by atoms with Gasteiger partial charge < -0.3 is 20.1 Å². The molecule has 6 heteroatoms. The SMILES string of the molecule is COc1cccc(NC(=O)N(CC(C)C)CC(O)c2ccc(F)cc2)c1. The minimum atomic E-state index is -0.898. The quantitative estimate of drug-likeness (QED) is 0.783. The monoisotopic (exact) mass is 360 g/mol. The summed E-state index contributed by atoms with van der Waals surface area (Å²) < 4.78 is 18.2. The minimum absolute atomic E-state index is 0.111. The molecule has 1 atom stereocenters. The van der Waals surface area contributed by atoms with Gasteiger partial charge in [-0.1, -0.05) is 32.0 Å². The Labute approximate surface area is 153 Å². The van der Waals surface area contributed by atoms with Crippen LogP contribution >= 0.6 is 0 Å². The summed E-state index contributed by atoms with van der Waals surface area (Å²) in [5, 5.41) is 13.3. The lowest BCUT2D eigenvalue weighted by Crippen LogP contribution is -2.40. The van der Waals surface area contributed by atoms with E-state index in [9.17, 15) is 14.3 Å². The van der Waals surface area contributed by atoms with E-state index in [4.69, 9.17) is 4.74 Å². The van der Waals surface area contributed by atoms with E-state index in [0.717, 1.165) is 0 Å². The van der Waals surface area contributed by atoms with Crippen molar-refractivity contribution in [1.82, 2.24) is 4.90 Å². The summed E-state index contributed by atoms with van der Waals surface area (Å²) in [6.45, 7) is 4.58. The highest BCUT2D eigenvalue weighted by Gasteiger charge is 2.20. The standard InChI is InChI=1S/C20H25FN2O3/c1-14(2)12-23(13-19(24)15-7-9-16(21)10-8-15)20(25)22-17-5-4-6-18(11-17)26-3/h4-11,14,19,24H,12-13H2,1-3H3,(H,22,25). The number of hydrogen-bond acceptors (Lipinski definition) is 3. The maximum absolute atomic E-state index is 13.1. The van der Waals surface area contributed by atoms with Crippen LogP contribution in [0.15, 0.2) is 48.5 Å². The first-order chi connectivity index (χ1) is 12.4. The molecule has 0 aliphatic rings. The highest BCUT2D eigenvalue weighted by Crippen LogP contribution is 2.19. The van der Waals surface area contributed by atoms with Gasteiger partial charge in [0.1, 0.15) is 11.6 Å². The average molecular weight is 360 g/mol. The highest BCUT2D eigenvalue weighted by atomic mass is 19.1. The summed E-state index contributed by atoms with van der Waals surface area (Å²) >= 11 is 0. The number of carbonyl (C=O) groups is 1. The van der Waals surface area contributed by atoms with Crippen LogP contribution in [0.3, 0.4) is 0 Å². The van der Waals surface area contributed by atoms with Crippen molar-refractivity contribution in [3.8, 4) is 5.75 Å². The molecule has 2 N–H and O–H groups in total. The number of benzene rings is 2. The number of halogens is 1. The first-order valence-electron chi connectivity index (χ1n) is 8.52. The molecule has 2 aromatic carbocycles. The third-order valence-corrected chi connectivity index (χ3v) is 3.84. The molecule has 0 radical (unpaired) electrons. The maximum atomic E-state index is 13.1. The molecule has 0 saturated carbocycles. The van der Waals surface area contributed by atoms with Gasteiger partial charge in [-0.3, -0.25) is 0 Å². The van der Waals surface area contributed by atoms with Crippen LogP contribution in [0.4, 0.5) is 14.9 Å². The van der Waals surface area contributed by atoms with Crippen LogP contribution in [0.1, 0.15) is 25.5 Å². The van der Waals surface area contributed by atoms with E-state index in [1.807, 2.05) is 13.8 Å². The molecule has 0 heterocycles. The Hall–Kier alpha value is -2.60. The topological polar surface area (TPSA) is 61.8 Å². The molecular formula is C20H25FN2O3. The van der Waals surface area contributed by atoms with Crippen LogP contribution in [0, 0.1) is 11.7 Å². The second-order valence-electron chi connectivity index (χ2n) is 6.53. The van der Waals surface area contributed by atoms with Crippen molar-refractivity contribution in [2.45, 2.75) is 20.0 Å². The molecule has 0 bridgehead atoms. The first kappa shape index (κ1) is 19.7. The van der Waals surface area contributed by atoms with Crippen LogP contribution in [-0.2, 0) is 0 Å². The first-order valence-corrected chi connectivity index (χ1v) is 8.52. The summed E-state index contributed by atoms with van der Waals surface area (Å²) in [6, 6.07) is 12.4. The minimum Gasteiger partial charge on any atom is -0.497 e. The van der Waals surface area contributed by atoms with Crippen LogP contribution < -0.4 is 10.1 Å². The van der Waals surface area contributed by atoms with E-state index in [1.54, 1.807) is 36.3 Å². The fourth-order valence-corrected chi connectivity index (χ4v) is 2.58. The Morgan fingerprint density at radius 1 is 1.19 bits per heavy atom. The fraction of sp³-hybridized carbons (Fsp3) is 0.350. The van der Waals surface area contributed by atoms with Gasteiger partial charge in [-0.2, -0.15) is 0 Å². The Balaban J connectivity index is 2.09. The fourth-order valence-electron chi connectivity index (χ4n) is 2.58. The predicted octanol–water partition coefficient (Wildman–Crippen LogP) is 4.06. The van der Waals surface area contributed by atoms with Crippen molar-refractivity contribution < 1.29 is 19.0 Å². The number of rotatable bonds is 7. The summed E-state index contributed by atoms with van der Waals surface area (Å²) in [7, 11) is 1.56. The zero-order chi connectivity index (χ0) is 19.1. The van der Waals surface area contributed by atoms with Gasteiger partial charge in [0.2, 0.25) is 0 Å². The summed E-state index contributed by atoms with van der Waals surface area (Å²) in [4.78, 5) is 14.2. The van der Waals surface area contributed by atoms with E-state index < -0.39 is 6.10 Å². The molecule has 5 nitrogen and oxygen atoms in total. The number of aliphatic hydroxyl groups excluding tert-OH is 1. The van der Waals surface area contributed by atoms with E-state index in [2.05, 4.69) is 5.32 Å². The lowest BCUT2D eigenvalue weighted by atomic mass is 10.1. The number of amides is 2. The van der Waals surface area contributed by atoms with Gasteiger partial charge in [0.25, 0.3) is 0 Å². The predicted molar refractivity (Wildman–Crippen MR) is 99.8 cm³/mol. The molecule has 0 aliphatic heterocycles. The van der Waals surface area contributed by atoms with Crippen molar-refractivity contribution in [2.75, 3.05) is 25.5 Å². The van der Waals surface area contributed by atoms with Crippen molar-refractivity contribution in [3.63, 3.8) is 0 Å². The number of aliphatic hydroxyl groups is 1. The molecule has 0 aromatic heterocycles. The molecule has 0 saturated heterocycles. The van der Waals surface area contributed by atoms with Crippen molar-refractivity contribution in [1.29, 1.82) is 0 Å². The third-order valence-electron chi connectivity index (χ3n) is 3.84. The summed E-state index contributed by atoms with van der Waals surface area (Å²) in [6.07, 6.45) is -0.898. The number of anilines is 1. The van der Waals surface area contributed by atoms with Crippen molar-refractivity contribution >= 4 is 11.7 Å². The second-order valence-corrected chi connectivity index (χ2v) is 6.53. The molecule has 1 unspecified atom stereocenters. The van der Waals surface area contributed by atoms with Gasteiger partial charge in [-0.15, -0.1) is 0 Å². The van der Waals surface area contributed by atoms with E-state index >= 15 is 0 Å². The molecule has 0 spiro atoms. The number of nitrogens with one attached hydrogen (secondary N) is 1. The summed E-state index contributed by atoms with van der Waals surface area (Å²) in [5.74, 6) is 0.506. The molecule has 0 fully saturated rings. The Morgan fingerprint density at radius 2 is 1.88 bits per heavy atom. The van der Waals surface area contributed by atoms with Crippen LogP contribution in [-0.4, -0.2) is 36.2 Å². The number of nitrogens with zero attached hydrogens (tertiary/aromatic N) is 1. The van der Waals surface area contributed by atoms with Crippen molar-refractivity contribution in [3.05, 3.63) is 59.9 Å². The van der Waals surface area contributed by atoms with Crippen molar-refractivity contribution in [2.24, 2.45) is 5.92 Å². The van der Waals surface area contributed by atoms with Gasteiger partial charge in [-0.25, -0.2) is 9.18 Å². The second kappa shape index (κ2) is 9.20. The Bertz CT molecular complexity index is 719. The van der Waals surface area contributed by atoms with E-state index in [-0.39, 0.29) is 24.3 Å². The molecule has 2 aromatic rings. The zero-order valence-electron chi connectivity index (χ0n) is 15.3. The van der Waals surface area contributed by atoms with Crippen LogP contribution in [0.2, 0.25) is 0 Å². The number of hydrogen-bond donors (Lipinski definition) is 2. The smallest absolute Gasteiger partial charge is 0.321 e. The highest BCUT2D eigenvalue weighted by molar-refractivity contribution is 5.89. The van der Waals surface area contributed by atoms with Gasteiger partial charge in [0.15, 0.2) is 0 Å². The number of ether oxygens (including phenoxy) is 1. The molecule has 2 rings (SSSR count). The molecular weight excluding hydrogens is 335 g/mol. The van der Waals surface area contributed by atoms with Gasteiger partial charge >= 0.3 is 6.03 Å². The average Bonchev–Trinajstić information content (AvgIpc) is 2.61. The van der Waals surface area contributed by atoms with E-state index in [0.29, 0.717) is 23.5 Å². The molecule has 0 aliphatic carbocycles. The Morgan fingerprint density at radius 3 is 2.50 bits per heavy atom. The zero-order valence-corrected chi connectivity index (χ0v) is 15.3. The molecule has 2 amide bonds. The van der Waals surface area contributed by atoms with Gasteiger partial charge in [-0.05, 0) is 35.7 Å².